The maximum Gasteiger partial charge on any atom is 0.257 e. The van der Waals surface area contributed by atoms with Crippen LogP contribution in [0.15, 0.2) is 84.4 Å². The van der Waals surface area contributed by atoms with Crippen LogP contribution in [0, 0.1) is 22.7 Å². The smallest absolute Gasteiger partial charge is 0.257 e. The number of hydrogen-bond donors (Lipinski definition) is 1. The molecule has 0 spiro atoms. The fourth-order valence-electron chi connectivity index (χ4n) is 4.42. The van der Waals surface area contributed by atoms with E-state index in [1.54, 1.807) is 30.3 Å². The molecule has 0 radical (unpaired) electrons. The molecular formula is C29H25ClN4O2. The zero-order valence-electron chi connectivity index (χ0n) is 19.6. The molecular weight excluding hydrogens is 472 g/mol. The number of carbonyl (C=O) groups excluding carboxylic acids is 1. The minimum atomic E-state index is -1.54. The molecule has 0 saturated carbocycles. The predicted molar refractivity (Wildman–Crippen MR) is 141 cm³/mol. The summed E-state index contributed by atoms with van der Waals surface area (Å²) in [6.07, 6.45) is 2.65. The fourth-order valence-corrected chi connectivity index (χ4v) is 4.55. The summed E-state index contributed by atoms with van der Waals surface area (Å²) >= 11 is 6.06. The van der Waals surface area contributed by atoms with Gasteiger partial charge in [0.2, 0.25) is 0 Å². The van der Waals surface area contributed by atoms with E-state index < -0.39 is 5.72 Å². The van der Waals surface area contributed by atoms with E-state index in [0.29, 0.717) is 47.8 Å². The van der Waals surface area contributed by atoms with E-state index in [0.717, 1.165) is 11.3 Å². The first kappa shape index (κ1) is 25.0. The van der Waals surface area contributed by atoms with Crippen LogP contribution in [0.3, 0.4) is 0 Å². The highest BCUT2D eigenvalue weighted by Gasteiger charge is 2.49. The molecule has 1 atom stereocenters. The van der Waals surface area contributed by atoms with Gasteiger partial charge in [-0.2, -0.15) is 10.5 Å². The van der Waals surface area contributed by atoms with E-state index >= 15 is 0 Å². The Morgan fingerprint density at radius 2 is 1.56 bits per heavy atom. The molecule has 0 bridgehead atoms. The molecule has 36 heavy (non-hydrogen) atoms. The second kappa shape index (κ2) is 11.1. The highest BCUT2D eigenvalue weighted by Crippen LogP contribution is 2.43. The summed E-state index contributed by atoms with van der Waals surface area (Å²) in [6.45, 7) is 1.08. The van der Waals surface area contributed by atoms with Crippen LogP contribution >= 0.6 is 11.6 Å². The number of rotatable bonds is 8. The molecule has 1 N–H and O–H groups in total. The maximum atomic E-state index is 13.6. The lowest BCUT2D eigenvalue weighted by molar-refractivity contribution is -0.116. The Morgan fingerprint density at radius 3 is 2.14 bits per heavy atom. The number of nitriles is 2. The number of hydrogen-bond acceptors (Lipinski definition) is 5. The first-order valence-electron chi connectivity index (χ1n) is 11.6. The number of amides is 1. The van der Waals surface area contributed by atoms with Gasteiger partial charge < -0.3 is 10.0 Å². The molecule has 4 rings (SSSR count). The molecule has 7 heteroatoms. The molecule has 180 valence electrons. The van der Waals surface area contributed by atoms with Crippen LogP contribution in [0.2, 0.25) is 5.02 Å². The van der Waals surface area contributed by atoms with E-state index in [1.165, 1.54) is 4.90 Å². The maximum absolute atomic E-state index is 13.6. The lowest BCUT2D eigenvalue weighted by Gasteiger charge is -2.33. The third-order valence-corrected chi connectivity index (χ3v) is 6.44. The van der Waals surface area contributed by atoms with Gasteiger partial charge in [0.25, 0.3) is 5.91 Å². The van der Waals surface area contributed by atoms with Gasteiger partial charge in [-0.25, -0.2) is 0 Å². The van der Waals surface area contributed by atoms with E-state index in [1.807, 2.05) is 59.5 Å². The Labute approximate surface area is 215 Å². The monoisotopic (exact) mass is 496 g/mol. The van der Waals surface area contributed by atoms with Crippen LogP contribution < -0.4 is 9.80 Å². The molecule has 1 amide bonds. The number of aliphatic hydroxyl groups is 1. The summed E-state index contributed by atoms with van der Waals surface area (Å²) < 4.78 is 0. The van der Waals surface area contributed by atoms with Gasteiger partial charge in [0.1, 0.15) is 0 Å². The average Bonchev–Trinajstić information content (AvgIpc) is 3.16. The number of carbonyl (C=O) groups is 1. The molecule has 1 fully saturated rings. The van der Waals surface area contributed by atoms with E-state index in [9.17, 15) is 9.90 Å². The molecule has 1 aliphatic rings. The Balaban J connectivity index is 1.66. The van der Waals surface area contributed by atoms with Gasteiger partial charge in [-0.05, 0) is 48.0 Å². The number of benzene rings is 3. The Hall–Kier alpha value is -4.10. The van der Waals surface area contributed by atoms with Crippen molar-refractivity contribution in [2.75, 3.05) is 22.9 Å². The van der Waals surface area contributed by atoms with Crippen LogP contribution in [0.4, 0.5) is 11.4 Å². The van der Waals surface area contributed by atoms with Crippen molar-refractivity contribution in [3.8, 4) is 12.1 Å². The van der Waals surface area contributed by atoms with Crippen molar-refractivity contribution >= 4 is 35.0 Å². The van der Waals surface area contributed by atoms with Crippen LogP contribution in [0.1, 0.15) is 30.4 Å². The van der Waals surface area contributed by atoms with Gasteiger partial charge in [0.15, 0.2) is 5.72 Å². The average molecular weight is 497 g/mol. The van der Waals surface area contributed by atoms with E-state index in [4.69, 9.17) is 22.1 Å². The van der Waals surface area contributed by atoms with Gasteiger partial charge >= 0.3 is 0 Å². The van der Waals surface area contributed by atoms with Crippen molar-refractivity contribution < 1.29 is 9.90 Å². The van der Waals surface area contributed by atoms with Gasteiger partial charge in [-0.1, -0.05) is 54.1 Å². The zero-order chi connectivity index (χ0) is 25.5. The number of anilines is 2. The molecule has 6 nitrogen and oxygen atoms in total. The quantitative estimate of drug-likeness (QED) is 0.407. The van der Waals surface area contributed by atoms with Gasteiger partial charge in [-0.15, -0.1) is 0 Å². The number of halogens is 1. The van der Waals surface area contributed by atoms with Crippen molar-refractivity contribution in [2.45, 2.75) is 25.0 Å². The molecule has 1 aliphatic heterocycles. The second-order valence-corrected chi connectivity index (χ2v) is 8.98. The normalized spacial score (nSPS) is 18.2. The number of nitrogens with zero attached hydrogens (tertiary/aromatic N) is 4. The Kier molecular flexibility index (Phi) is 7.71. The molecule has 1 unspecified atom stereocenters. The van der Waals surface area contributed by atoms with E-state index in [2.05, 4.69) is 12.1 Å². The zero-order valence-corrected chi connectivity index (χ0v) is 20.4. The first-order chi connectivity index (χ1) is 17.5. The Bertz CT molecular complexity index is 1310. The van der Waals surface area contributed by atoms with Crippen LogP contribution in [0.5, 0.6) is 0 Å². The van der Waals surface area contributed by atoms with Crippen LogP contribution in [0.25, 0.3) is 6.08 Å². The van der Waals surface area contributed by atoms with Crippen molar-refractivity contribution in [1.29, 1.82) is 10.5 Å². The standard InChI is InChI=1S/C29H25ClN4O2/c30-25-10-14-27(15-11-25)34-28(35)23(21-29(34,36)24-6-2-1-3-7-24)20-22-8-12-26(13-9-22)33(18-4-16-31)19-5-17-32/h1-3,6-15,20,36H,4-5,18-19,21H2. The highest BCUT2D eigenvalue weighted by molar-refractivity contribution is 6.30. The Morgan fingerprint density at radius 1 is 0.944 bits per heavy atom. The summed E-state index contributed by atoms with van der Waals surface area (Å²) in [4.78, 5) is 17.0. The predicted octanol–water partition coefficient (Wildman–Crippen LogP) is 5.64. The molecule has 3 aromatic carbocycles. The van der Waals surface area contributed by atoms with Gasteiger partial charge in [-0.3, -0.25) is 9.69 Å². The summed E-state index contributed by atoms with van der Waals surface area (Å²) in [6, 6.07) is 27.9. The van der Waals surface area contributed by atoms with Crippen molar-refractivity contribution in [3.63, 3.8) is 0 Å². The van der Waals surface area contributed by atoms with E-state index in [-0.39, 0.29) is 12.3 Å². The summed E-state index contributed by atoms with van der Waals surface area (Å²) in [5.41, 5.74) is 1.84. The van der Waals surface area contributed by atoms with Crippen LogP contribution in [-0.2, 0) is 10.5 Å². The molecule has 1 saturated heterocycles. The van der Waals surface area contributed by atoms with Gasteiger partial charge in [0.05, 0.1) is 25.0 Å². The van der Waals surface area contributed by atoms with Gasteiger partial charge in [0, 0.05) is 47.0 Å². The molecule has 3 aromatic rings. The summed E-state index contributed by atoms with van der Waals surface area (Å²) in [7, 11) is 0. The second-order valence-electron chi connectivity index (χ2n) is 8.54. The summed E-state index contributed by atoms with van der Waals surface area (Å²) in [5.74, 6) is -0.280. The highest BCUT2D eigenvalue weighted by atomic mass is 35.5. The minimum Gasteiger partial charge on any atom is -0.369 e. The third-order valence-electron chi connectivity index (χ3n) is 6.19. The fraction of sp³-hybridized carbons (Fsp3) is 0.207. The van der Waals surface area contributed by atoms with Crippen molar-refractivity contribution in [2.24, 2.45) is 0 Å². The summed E-state index contributed by atoms with van der Waals surface area (Å²) in [5, 5.41) is 30.3. The molecule has 0 aliphatic carbocycles. The lowest BCUT2D eigenvalue weighted by Crippen LogP contribution is -2.43. The van der Waals surface area contributed by atoms with Crippen LogP contribution in [-0.4, -0.2) is 24.1 Å². The van der Waals surface area contributed by atoms with Crippen molar-refractivity contribution in [1.82, 2.24) is 0 Å². The largest absolute Gasteiger partial charge is 0.369 e. The topological polar surface area (TPSA) is 91.4 Å². The molecule has 0 aromatic heterocycles. The molecule has 1 heterocycles. The third kappa shape index (κ3) is 5.26. The SMILES string of the molecule is N#CCCN(CCC#N)c1ccc(C=C2CC(O)(c3ccccc3)N(c3ccc(Cl)cc3)C2=O)cc1. The van der Waals surface area contributed by atoms with Crippen molar-refractivity contribution in [3.05, 3.63) is 101 Å². The first-order valence-corrected chi connectivity index (χ1v) is 12.0. The lowest BCUT2D eigenvalue weighted by atomic mass is 9.97. The minimum absolute atomic E-state index is 0.122.